The summed E-state index contributed by atoms with van der Waals surface area (Å²) in [6.07, 6.45) is 4.22. The highest BCUT2D eigenvalue weighted by Gasteiger charge is 2.26. The van der Waals surface area contributed by atoms with E-state index < -0.39 is 0 Å². The lowest BCUT2D eigenvalue weighted by atomic mass is 10.1. The number of hydrogen-bond acceptors (Lipinski definition) is 3. The van der Waals surface area contributed by atoms with Gasteiger partial charge < -0.3 is 10.0 Å². The number of amides is 1. The second-order valence-corrected chi connectivity index (χ2v) is 4.34. The first-order chi connectivity index (χ1) is 7.70. The van der Waals surface area contributed by atoms with E-state index in [0.29, 0.717) is 12.1 Å². The topological polar surface area (TPSA) is 53.4 Å². The molecular formula is C12H16N2O2. The van der Waals surface area contributed by atoms with Gasteiger partial charge in [-0.05, 0) is 25.0 Å². The van der Waals surface area contributed by atoms with Crippen molar-refractivity contribution >= 4 is 5.91 Å². The van der Waals surface area contributed by atoms with Crippen LogP contribution in [0, 0.1) is 12.8 Å². The highest BCUT2D eigenvalue weighted by Crippen LogP contribution is 2.18. The molecule has 1 atom stereocenters. The second kappa shape index (κ2) is 4.61. The molecule has 1 amide bonds. The van der Waals surface area contributed by atoms with Gasteiger partial charge in [0.25, 0.3) is 5.91 Å². The van der Waals surface area contributed by atoms with E-state index in [4.69, 9.17) is 5.11 Å². The third kappa shape index (κ3) is 2.22. The molecule has 0 radical (unpaired) electrons. The maximum atomic E-state index is 12.1. The molecule has 0 bridgehead atoms. The van der Waals surface area contributed by atoms with Crippen LogP contribution in [0.3, 0.4) is 0 Å². The van der Waals surface area contributed by atoms with Gasteiger partial charge in [-0.15, -0.1) is 0 Å². The first-order valence-corrected chi connectivity index (χ1v) is 5.52. The molecule has 4 heteroatoms. The van der Waals surface area contributed by atoms with Gasteiger partial charge in [-0.25, -0.2) is 0 Å². The Kier molecular flexibility index (Phi) is 3.19. The monoisotopic (exact) mass is 220 g/mol. The maximum absolute atomic E-state index is 12.1. The number of hydrogen-bond donors (Lipinski definition) is 1. The molecule has 2 heterocycles. The number of nitrogens with zero attached hydrogens (tertiary/aromatic N) is 2. The summed E-state index contributed by atoms with van der Waals surface area (Å²) in [4.78, 5) is 17.9. The summed E-state index contributed by atoms with van der Waals surface area (Å²) >= 11 is 0. The van der Waals surface area contributed by atoms with Crippen LogP contribution < -0.4 is 0 Å². The van der Waals surface area contributed by atoms with Crippen molar-refractivity contribution < 1.29 is 9.90 Å². The normalized spacial score (nSPS) is 20.1. The maximum Gasteiger partial charge on any atom is 0.255 e. The number of rotatable bonds is 2. The van der Waals surface area contributed by atoms with Crippen LogP contribution in [0.4, 0.5) is 0 Å². The van der Waals surface area contributed by atoms with Gasteiger partial charge in [-0.1, -0.05) is 0 Å². The summed E-state index contributed by atoms with van der Waals surface area (Å²) in [5.74, 6) is 0.258. The number of aromatic nitrogens is 1. The van der Waals surface area contributed by atoms with Crippen LogP contribution in [0.2, 0.25) is 0 Å². The van der Waals surface area contributed by atoms with Gasteiger partial charge >= 0.3 is 0 Å². The summed E-state index contributed by atoms with van der Waals surface area (Å²) < 4.78 is 0. The molecule has 0 aliphatic carbocycles. The van der Waals surface area contributed by atoms with Crippen molar-refractivity contribution in [2.75, 3.05) is 19.7 Å². The summed E-state index contributed by atoms with van der Waals surface area (Å²) in [6.45, 7) is 3.47. The highest BCUT2D eigenvalue weighted by atomic mass is 16.3. The Bertz CT molecular complexity index is 392. The Balaban J connectivity index is 2.08. The molecule has 1 saturated heterocycles. The molecule has 0 saturated carbocycles. The van der Waals surface area contributed by atoms with Crippen LogP contribution in [0.5, 0.6) is 0 Å². The summed E-state index contributed by atoms with van der Waals surface area (Å²) in [6, 6.07) is 1.85. The molecule has 1 aromatic rings. The van der Waals surface area contributed by atoms with E-state index in [1.807, 2.05) is 13.0 Å². The minimum atomic E-state index is 0.0205. The van der Waals surface area contributed by atoms with Crippen molar-refractivity contribution in [2.24, 2.45) is 5.92 Å². The van der Waals surface area contributed by atoms with Crippen LogP contribution >= 0.6 is 0 Å². The van der Waals surface area contributed by atoms with E-state index >= 15 is 0 Å². The van der Waals surface area contributed by atoms with Gasteiger partial charge in [0.1, 0.15) is 0 Å². The molecular weight excluding hydrogens is 204 g/mol. The Hall–Kier alpha value is -1.42. The lowest BCUT2D eigenvalue weighted by Crippen LogP contribution is -2.29. The number of aliphatic hydroxyl groups excluding tert-OH is 1. The molecule has 0 aromatic carbocycles. The van der Waals surface area contributed by atoms with E-state index in [1.165, 1.54) is 0 Å². The van der Waals surface area contributed by atoms with E-state index in [9.17, 15) is 4.79 Å². The van der Waals surface area contributed by atoms with Crippen LogP contribution in [0.25, 0.3) is 0 Å². The fourth-order valence-corrected chi connectivity index (χ4v) is 2.02. The number of aryl methyl sites for hydroxylation is 1. The van der Waals surface area contributed by atoms with Crippen molar-refractivity contribution in [3.8, 4) is 0 Å². The van der Waals surface area contributed by atoms with Gasteiger partial charge in [0.2, 0.25) is 0 Å². The van der Waals surface area contributed by atoms with Crippen molar-refractivity contribution in [3.63, 3.8) is 0 Å². The van der Waals surface area contributed by atoms with E-state index in [-0.39, 0.29) is 18.4 Å². The Morgan fingerprint density at radius 2 is 2.44 bits per heavy atom. The van der Waals surface area contributed by atoms with Crippen LogP contribution in [0.15, 0.2) is 18.5 Å². The van der Waals surface area contributed by atoms with Crippen molar-refractivity contribution in [3.05, 3.63) is 29.6 Å². The largest absolute Gasteiger partial charge is 0.396 e. The number of pyridine rings is 1. The van der Waals surface area contributed by atoms with Crippen LogP contribution in [0.1, 0.15) is 22.3 Å². The molecule has 0 spiro atoms. The molecule has 4 nitrogen and oxygen atoms in total. The fourth-order valence-electron chi connectivity index (χ4n) is 2.02. The van der Waals surface area contributed by atoms with Gasteiger partial charge in [0.05, 0.1) is 5.56 Å². The lowest BCUT2D eigenvalue weighted by molar-refractivity contribution is 0.0781. The smallest absolute Gasteiger partial charge is 0.255 e. The average Bonchev–Trinajstić information content (AvgIpc) is 2.76. The van der Waals surface area contributed by atoms with E-state index in [2.05, 4.69) is 4.98 Å². The number of aliphatic hydroxyl groups is 1. The third-order valence-corrected chi connectivity index (χ3v) is 2.95. The molecule has 1 aliphatic heterocycles. The van der Waals surface area contributed by atoms with Crippen molar-refractivity contribution in [1.29, 1.82) is 0 Å². The quantitative estimate of drug-likeness (QED) is 0.803. The van der Waals surface area contributed by atoms with Gasteiger partial charge in [0.15, 0.2) is 0 Å². The van der Waals surface area contributed by atoms with Crippen LogP contribution in [-0.4, -0.2) is 40.6 Å². The predicted octanol–water partition coefficient (Wildman–Crippen LogP) is 0.844. The zero-order chi connectivity index (χ0) is 11.5. The van der Waals surface area contributed by atoms with Crippen molar-refractivity contribution in [1.82, 2.24) is 9.88 Å². The van der Waals surface area contributed by atoms with E-state index in [0.717, 1.165) is 18.5 Å². The first kappa shape index (κ1) is 11.1. The summed E-state index contributed by atoms with van der Waals surface area (Å²) in [5.41, 5.74) is 1.63. The number of likely N-dealkylation sites (tertiary alicyclic amines) is 1. The molecule has 16 heavy (non-hydrogen) atoms. The Labute approximate surface area is 94.9 Å². The fraction of sp³-hybridized carbons (Fsp3) is 0.500. The second-order valence-electron chi connectivity index (χ2n) is 4.34. The average molecular weight is 220 g/mol. The van der Waals surface area contributed by atoms with E-state index in [1.54, 1.807) is 17.3 Å². The zero-order valence-corrected chi connectivity index (χ0v) is 9.39. The first-order valence-electron chi connectivity index (χ1n) is 5.52. The molecule has 86 valence electrons. The Morgan fingerprint density at radius 1 is 1.62 bits per heavy atom. The number of carbonyl (C=O) groups excluding carboxylic acids is 1. The zero-order valence-electron chi connectivity index (χ0n) is 9.39. The number of carbonyl (C=O) groups is 1. The minimum absolute atomic E-state index is 0.0205. The summed E-state index contributed by atoms with van der Waals surface area (Å²) in [7, 11) is 0. The molecule has 1 aromatic heterocycles. The molecule has 1 fully saturated rings. The lowest BCUT2D eigenvalue weighted by Gasteiger charge is -2.16. The molecule has 1 unspecified atom stereocenters. The SMILES string of the molecule is Cc1cncc(C(=O)N2CCC(CO)C2)c1. The van der Waals surface area contributed by atoms with Crippen LogP contribution in [-0.2, 0) is 0 Å². The van der Waals surface area contributed by atoms with Gasteiger partial charge in [-0.2, -0.15) is 0 Å². The summed E-state index contributed by atoms with van der Waals surface area (Å²) in [5, 5.41) is 9.03. The molecule has 1 aliphatic rings. The third-order valence-electron chi connectivity index (χ3n) is 2.95. The Morgan fingerprint density at radius 3 is 3.06 bits per heavy atom. The molecule has 2 rings (SSSR count). The predicted molar refractivity (Wildman–Crippen MR) is 60.1 cm³/mol. The van der Waals surface area contributed by atoms with Gasteiger partial charge in [-0.3, -0.25) is 9.78 Å². The highest BCUT2D eigenvalue weighted by molar-refractivity contribution is 5.94. The minimum Gasteiger partial charge on any atom is -0.396 e. The molecule has 1 N–H and O–H groups in total. The van der Waals surface area contributed by atoms with Gasteiger partial charge in [0, 0.05) is 38.0 Å². The standard InChI is InChI=1S/C12H16N2O2/c1-9-4-11(6-13-5-9)12(16)14-3-2-10(7-14)8-15/h4-6,10,15H,2-3,7-8H2,1H3. The van der Waals surface area contributed by atoms with Crippen molar-refractivity contribution in [2.45, 2.75) is 13.3 Å².